The first-order valence-corrected chi connectivity index (χ1v) is 13.6. The Hall–Kier alpha value is -2.55. The Labute approximate surface area is 212 Å². The van der Waals surface area contributed by atoms with Crippen molar-refractivity contribution in [1.29, 1.82) is 0 Å². The van der Waals surface area contributed by atoms with E-state index in [1.807, 2.05) is 0 Å². The number of aryl methyl sites for hydroxylation is 4. The summed E-state index contributed by atoms with van der Waals surface area (Å²) in [4.78, 5) is 24.8. The van der Waals surface area contributed by atoms with E-state index in [9.17, 15) is 0 Å². The Kier molecular flexibility index (Phi) is 6.79. The lowest BCUT2D eigenvalue weighted by Crippen LogP contribution is -2.46. The van der Waals surface area contributed by atoms with E-state index in [0.29, 0.717) is 0 Å². The van der Waals surface area contributed by atoms with E-state index < -0.39 is 0 Å². The van der Waals surface area contributed by atoms with Gasteiger partial charge in [0.2, 0.25) is 0 Å². The first-order chi connectivity index (χ1) is 16.9. The lowest BCUT2D eigenvalue weighted by molar-refractivity contribution is 0.245. The summed E-state index contributed by atoms with van der Waals surface area (Å²) in [5, 5.41) is 1.25. The van der Waals surface area contributed by atoms with Gasteiger partial charge in [-0.25, -0.2) is 15.0 Å². The van der Waals surface area contributed by atoms with Gasteiger partial charge in [0, 0.05) is 43.8 Å². The van der Waals surface area contributed by atoms with Crippen molar-refractivity contribution in [2.24, 2.45) is 0 Å². The van der Waals surface area contributed by atoms with Gasteiger partial charge in [-0.15, -0.1) is 11.3 Å². The van der Waals surface area contributed by atoms with Crippen molar-refractivity contribution in [2.75, 3.05) is 44.2 Å². The molecule has 0 N–H and O–H groups in total. The van der Waals surface area contributed by atoms with Crippen LogP contribution >= 0.6 is 11.3 Å². The first-order valence-electron chi connectivity index (χ1n) is 12.8. The van der Waals surface area contributed by atoms with Crippen molar-refractivity contribution < 1.29 is 0 Å². The molecule has 35 heavy (non-hydrogen) atoms. The highest BCUT2D eigenvalue weighted by molar-refractivity contribution is 7.18. The first kappa shape index (κ1) is 24.2. The lowest BCUT2D eigenvalue weighted by Gasteiger charge is -2.36. The maximum Gasteiger partial charge on any atom is 0.146 e. The van der Waals surface area contributed by atoms with Gasteiger partial charge >= 0.3 is 0 Å². The summed E-state index contributed by atoms with van der Waals surface area (Å²) in [6.45, 7) is 20.8. The summed E-state index contributed by atoms with van der Waals surface area (Å²) in [7, 11) is 0. The number of rotatable bonds is 7. The molecule has 0 atom stereocenters. The topological polar surface area (TPSA) is 52.8 Å². The van der Waals surface area contributed by atoms with E-state index in [1.54, 1.807) is 11.3 Å². The third-order valence-corrected chi connectivity index (χ3v) is 8.53. The maximum absolute atomic E-state index is 5.15. The van der Waals surface area contributed by atoms with Gasteiger partial charge in [-0.05, 0) is 58.0 Å². The molecule has 0 bridgehead atoms. The normalized spacial score (nSPS) is 15.2. The Morgan fingerprint density at radius 2 is 1.69 bits per heavy atom. The highest BCUT2D eigenvalue weighted by atomic mass is 32.1. The number of hydrogen-bond donors (Lipinski definition) is 0. The molecule has 5 heterocycles. The molecule has 1 saturated heterocycles. The van der Waals surface area contributed by atoms with Crippen molar-refractivity contribution in [3.63, 3.8) is 0 Å². The molecule has 5 rings (SSSR count). The second-order valence-electron chi connectivity index (χ2n) is 9.73. The molecule has 0 unspecified atom stereocenters. The summed E-state index contributed by atoms with van der Waals surface area (Å²) < 4.78 is 2.27. The zero-order valence-corrected chi connectivity index (χ0v) is 22.7. The van der Waals surface area contributed by atoms with E-state index in [2.05, 4.69) is 79.0 Å². The van der Waals surface area contributed by atoms with Gasteiger partial charge in [-0.3, -0.25) is 9.80 Å². The summed E-state index contributed by atoms with van der Waals surface area (Å²) in [6, 6.07) is 4.25. The molecule has 4 aromatic rings. The standard InChI is InChI=1S/C27H37N7S/c1-7-31(8-2)17-23-29-26(25-19(4)21(6)35-27(25)30-23)33-13-11-32(12-14-33)16-22-20(5)28-24-10-9-18(3)15-34(22)24/h9-10,15H,7-8,11-14,16-17H2,1-6H3. The van der Waals surface area contributed by atoms with Crippen molar-refractivity contribution in [2.45, 2.75) is 54.6 Å². The number of piperazine rings is 1. The molecule has 0 aromatic carbocycles. The average molecular weight is 492 g/mol. The van der Waals surface area contributed by atoms with Crippen molar-refractivity contribution in [3.05, 3.63) is 51.5 Å². The Morgan fingerprint density at radius 1 is 0.943 bits per heavy atom. The van der Waals surface area contributed by atoms with E-state index in [0.717, 1.165) is 80.2 Å². The zero-order valence-electron chi connectivity index (χ0n) is 21.9. The number of thiophene rings is 1. The smallest absolute Gasteiger partial charge is 0.146 e. The minimum absolute atomic E-state index is 0.804. The highest BCUT2D eigenvalue weighted by Crippen LogP contribution is 2.35. The van der Waals surface area contributed by atoms with Gasteiger partial charge in [-0.2, -0.15) is 0 Å². The molecular weight excluding hydrogens is 454 g/mol. The van der Waals surface area contributed by atoms with Gasteiger partial charge in [0.15, 0.2) is 0 Å². The molecule has 1 aliphatic heterocycles. The highest BCUT2D eigenvalue weighted by Gasteiger charge is 2.25. The van der Waals surface area contributed by atoms with Gasteiger partial charge in [0.25, 0.3) is 0 Å². The van der Waals surface area contributed by atoms with E-state index in [-0.39, 0.29) is 0 Å². The third kappa shape index (κ3) is 4.67. The zero-order chi connectivity index (χ0) is 24.7. The molecule has 4 aromatic heterocycles. The third-order valence-electron chi connectivity index (χ3n) is 7.43. The number of pyridine rings is 1. The lowest BCUT2D eigenvalue weighted by atomic mass is 10.2. The molecular formula is C27H37N7S. The van der Waals surface area contributed by atoms with Gasteiger partial charge in [0.1, 0.15) is 22.1 Å². The van der Waals surface area contributed by atoms with Crippen LogP contribution in [0.2, 0.25) is 0 Å². The predicted octanol–water partition coefficient (Wildman–Crippen LogP) is 4.74. The Bertz CT molecular complexity index is 1340. The number of imidazole rings is 1. The number of anilines is 1. The summed E-state index contributed by atoms with van der Waals surface area (Å²) in [5.41, 5.74) is 6.05. The van der Waals surface area contributed by atoms with E-state index in [1.165, 1.54) is 27.1 Å². The minimum Gasteiger partial charge on any atom is -0.353 e. The van der Waals surface area contributed by atoms with Crippen LogP contribution in [0.15, 0.2) is 18.3 Å². The largest absolute Gasteiger partial charge is 0.353 e. The van der Waals surface area contributed by atoms with Gasteiger partial charge in [-0.1, -0.05) is 19.9 Å². The number of aromatic nitrogens is 4. The molecule has 1 fully saturated rings. The van der Waals surface area contributed by atoms with Gasteiger partial charge in [0.05, 0.1) is 23.3 Å². The fraction of sp³-hybridized carbons (Fsp3) is 0.519. The number of hydrogen-bond acceptors (Lipinski definition) is 7. The van der Waals surface area contributed by atoms with Crippen LogP contribution in [0.5, 0.6) is 0 Å². The molecule has 8 heteroatoms. The number of fused-ring (bicyclic) bond motifs is 2. The molecule has 0 aliphatic carbocycles. The van der Waals surface area contributed by atoms with Crippen molar-refractivity contribution in [3.8, 4) is 0 Å². The monoisotopic (exact) mass is 491 g/mol. The van der Waals surface area contributed by atoms with Crippen LogP contribution in [-0.2, 0) is 13.1 Å². The second kappa shape index (κ2) is 9.84. The molecule has 0 amide bonds. The molecule has 0 saturated carbocycles. The molecule has 1 aliphatic rings. The van der Waals surface area contributed by atoms with Crippen LogP contribution in [0.4, 0.5) is 5.82 Å². The van der Waals surface area contributed by atoms with E-state index in [4.69, 9.17) is 15.0 Å². The van der Waals surface area contributed by atoms with E-state index >= 15 is 0 Å². The second-order valence-corrected chi connectivity index (χ2v) is 10.9. The number of nitrogens with zero attached hydrogens (tertiary/aromatic N) is 7. The molecule has 0 radical (unpaired) electrons. The maximum atomic E-state index is 5.15. The molecule has 0 spiro atoms. The van der Waals surface area contributed by atoms with Gasteiger partial charge < -0.3 is 9.30 Å². The fourth-order valence-corrected chi connectivity index (χ4v) is 6.10. The van der Waals surface area contributed by atoms with Crippen molar-refractivity contribution in [1.82, 2.24) is 29.2 Å². The Morgan fingerprint density at radius 3 is 2.40 bits per heavy atom. The van der Waals surface area contributed by atoms with Crippen LogP contribution in [0.25, 0.3) is 15.9 Å². The predicted molar refractivity (Wildman–Crippen MR) is 146 cm³/mol. The summed E-state index contributed by atoms with van der Waals surface area (Å²) >= 11 is 1.80. The van der Waals surface area contributed by atoms with Crippen LogP contribution in [-0.4, -0.2) is 68.4 Å². The summed E-state index contributed by atoms with van der Waals surface area (Å²) in [5.74, 6) is 2.07. The minimum atomic E-state index is 0.804. The fourth-order valence-electron chi connectivity index (χ4n) is 5.06. The van der Waals surface area contributed by atoms with Crippen molar-refractivity contribution >= 4 is 33.0 Å². The Balaban J connectivity index is 1.38. The van der Waals surface area contributed by atoms with Crippen LogP contribution < -0.4 is 4.90 Å². The average Bonchev–Trinajstić information content (AvgIpc) is 3.32. The van der Waals surface area contributed by atoms with Crippen LogP contribution in [0.3, 0.4) is 0 Å². The van der Waals surface area contributed by atoms with Crippen LogP contribution in [0, 0.1) is 27.7 Å². The summed E-state index contributed by atoms with van der Waals surface area (Å²) in [6.07, 6.45) is 2.21. The quantitative estimate of drug-likeness (QED) is 0.372. The molecule has 7 nitrogen and oxygen atoms in total. The molecule has 186 valence electrons. The SMILES string of the molecule is CCN(CC)Cc1nc(N2CCN(Cc3c(C)nc4ccc(C)cn34)CC2)c2c(C)c(C)sc2n1. The van der Waals surface area contributed by atoms with Crippen LogP contribution in [0.1, 0.15) is 47.1 Å².